The van der Waals surface area contributed by atoms with Crippen molar-refractivity contribution in [2.75, 3.05) is 6.26 Å². The number of allylic oxidation sites excluding steroid dienone is 3. The highest BCUT2D eigenvalue weighted by Gasteiger charge is 1.92. The van der Waals surface area contributed by atoms with Gasteiger partial charge in [-0.3, -0.25) is 0 Å². The summed E-state index contributed by atoms with van der Waals surface area (Å²) in [5.41, 5.74) is 0. The van der Waals surface area contributed by atoms with Crippen molar-refractivity contribution in [2.45, 2.75) is 13.8 Å². The van der Waals surface area contributed by atoms with Crippen molar-refractivity contribution in [3.05, 3.63) is 67.5 Å². The molecule has 1 rings (SSSR count). The molecule has 1 nitrogen and oxygen atoms in total. The minimum Gasteiger partial charge on any atom is -0.457 e. The molecule has 0 aliphatic heterocycles. The van der Waals surface area contributed by atoms with E-state index in [1.54, 1.807) is 24.5 Å². The van der Waals surface area contributed by atoms with Crippen molar-refractivity contribution in [3.8, 4) is 5.75 Å². The van der Waals surface area contributed by atoms with E-state index in [2.05, 4.69) is 25.8 Å². The van der Waals surface area contributed by atoms with E-state index in [1.165, 1.54) is 0 Å². The molecule has 0 atom stereocenters. The summed E-state index contributed by atoms with van der Waals surface area (Å²) in [7, 11) is 0. The average molecular weight is 250 g/mol. The standard InChI is InChI=1S/C12H12O.C2H6.CH4S/c1-3-8-11(4-2)13-12-9-6-5-7-10-12;2*1-2/h3-10H,1-2H2;1-2H3;2H,1H3/b11-8+;;. The van der Waals surface area contributed by atoms with Gasteiger partial charge >= 0.3 is 0 Å². The molecule has 0 saturated carbocycles. The summed E-state index contributed by atoms with van der Waals surface area (Å²) < 4.78 is 5.48. The molecule has 0 heterocycles. The SMILES string of the molecule is C=C/C=C(\C=C)Oc1ccccc1.CC.CS. The quantitative estimate of drug-likeness (QED) is 0.454. The number of hydrogen-bond donors (Lipinski definition) is 1. The number of benzene rings is 1. The van der Waals surface area contributed by atoms with Gasteiger partial charge in [0, 0.05) is 0 Å². The summed E-state index contributed by atoms with van der Waals surface area (Å²) in [6, 6.07) is 9.56. The molecule has 0 fully saturated rings. The van der Waals surface area contributed by atoms with Crippen molar-refractivity contribution in [2.24, 2.45) is 0 Å². The Kier molecular flexibility index (Phi) is 15.4. The molecule has 0 aliphatic rings. The van der Waals surface area contributed by atoms with Crippen molar-refractivity contribution in [1.29, 1.82) is 0 Å². The monoisotopic (exact) mass is 250 g/mol. The zero-order valence-corrected chi connectivity index (χ0v) is 11.8. The molecule has 0 aromatic heterocycles. The lowest BCUT2D eigenvalue weighted by Crippen LogP contribution is -1.90. The maximum absolute atomic E-state index is 5.48. The molecule has 0 radical (unpaired) electrons. The van der Waals surface area contributed by atoms with Crippen LogP contribution in [0.4, 0.5) is 0 Å². The van der Waals surface area contributed by atoms with Gasteiger partial charge < -0.3 is 4.74 Å². The van der Waals surface area contributed by atoms with Crippen LogP contribution in [0.5, 0.6) is 5.75 Å². The Morgan fingerprint density at radius 1 is 1.12 bits per heavy atom. The highest BCUT2D eigenvalue weighted by molar-refractivity contribution is 7.79. The Balaban J connectivity index is 0. The zero-order chi connectivity index (χ0) is 13.5. The molecule has 0 N–H and O–H groups in total. The van der Waals surface area contributed by atoms with Gasteiger partial charge in [-0.25, -0.2) is 0 Å². The first-order valence-corrected chi connectivity index (χ1v) is 6.39. The first kappa shape index (κ1) is 18.0. The third kappa shape index (κ3) is 9.52. The van der Waals surface area contributed by atoms with Crippen LogP contribution in [0.25, 0.3) is 0 Å². The summed E-state index contributed by atoms with van der Waals surface area (Å²) >= 11 is 3.53. The number of rotatable bonds is 4. The van der Waals surface area contributed by atoms with E-state index in [0.717, 1.165) is 5.75 Å². The Morgan fingerprint density at radius 3 is 2.06 bits per heavy atom. The van der Waals surface area contributed by atoms with E-state index in [1.807, 2.05) is 44.2 Å². The summed E-state index contributed by atoms with van der Waals surface area (Å²) in [6.07, 6.45) is 6.77. The van der Waals surface area contributed by atoms with Crippen LogP contribution in [0.2, 0.25) is 0 Å². The molecule has 0 saturated heterocycles. The second-order valence-corrected chi connectivity index (χ2v) is 2.42. The van der Waals surface area contributed by atoms with E-state index >= 15 is 0 Å². The lowest BCUT2D eigenvalue weighted by atomic mass is 10.3. The van der Waals surface area contributed by atoms with Crippen molar-refractivity contribution >= 4 is 12.6 Å². The Bertz CT molecular complexity index is 315. The molecular formula is C15H22OS. The smallest absolute Gasteiger partial charge is 0.127 e. The third-order valence-electron chi connectivity index (χ3n) is 1.46. The fraction of sp³-hybridized carbons (Fsp3) is 0.200. The minimum atomic E-state index is 0.696. The molecule has 0 spiro atoms. The Hall–Kier alpha value is -1.41. The molecule has 0 aliphatic carbocycles. The van der Waals surface area contributed by atoms with Gasteiger partial charge in [-0.1, -0.05) is 51.3 Å². The molecule has 94 valence electrons. The predicted octanol–water partition coefficient (Wildman–Crippen LogP) is 4.89. The van der Waals surface area contributed by atoms with Crippen LogP contribution in [-0.4, -0.2) is 6.26 Å². The molecule has 0 unspecified atom stereocenters. The summed E-state index contributed by atoms with van der Waals surface area (Å²) in [6.45, 7) is 11.2. The fourth-order valence-electron chi connectivity index (χ4n) is 0.885. The molecule has 0 amide bonds. The van der Waals surface area contributed by atoms with Gasteiger partial charge in [0.1, 0.15) is 11.5 Å². The third-order valence-corrected chi connectivity index (χ3v) is 1.46. The minimum absolute atomic E-state index is 0.696. The molecule has 1 aromatic rings. The molecular weight excluding hydrogens is 228 g/mol. The lowest BCUT2D eigenvalue weighted by Gasteiger charge is -2.04. The van der Waals surface area contributed by atoms with Gasteiger partial charge in [-0.2, -0.15) is 12.6 Å². The predicted molar refractivity (Wildman–Crippen MR) is 81.8 cm³/mol. The van der Waals surface area contributed by atoms with Crippen molar-refractivity contribution in [3.63, 3.8) is 0 Å². The number of ether oxygens (including phenoxy) is 1. The second kappa shape index (κ2) is 14.6. The van der Waals surface area contributed by atoms with Gasteiger partial charge in [0.2, 0.25) is 0 Å². The number of thiol groups is 1. The van der Waals surface area contributed by atoms with E-state index in [4.69, 9.17) is 4.74 Å². The van der Waals surface area contributed by atoms with Gasteiger partial charge in [-0.05, 0) is 30.5 Å². The van der Waals surface area contributed by atoms with Crippen LogP contribution in [0.3, 0.4) is 0 Å². The molecule has 0 bridgehead atoms. The Labute approximate surface area is 111 Å². The topological polar surface area (TPSA) is 9.23 Å². The summed E-state index contributed by atoms with van der Waals surface area (Å²) in [5, 5.41) is 0. The van der Waals surface area contributed by atoms with Crippen LogP contribution in [0, 0.1) is 0 Å². The van der Waals surface area contributed by atoms with E-state index in [9.17, 15) is 0 Å². The van der Waals surface area contributed by atoms with Crippen molar-refractivity contribution in [1.82, 2.24) is 0 Å². The van der Waals surface area contributed by atoms with Crippen molar-refractivity contribution < 1.29 is 4.74 Å². The van der Waals surface area contributed by atoms with E-state index in [0.29, 0.717) is 5.76 Å². The maximum atomic E-state index is 5.48. The molecule has 2 heteroatoms. The number of para-hydroxylation sites is 1. The van der Waals surface area contributed by atoms with Gasteiger partial charge in [0.15, 0.2) is 0 Å². The first-order chi connectivity index (χ1) is 8.36. The lowest BCUT2D eigenvalue weighted by molar-refractivity contribution is 0.445. The van der Waals surface area contributed by atoms with Crippen LogP contribution < -0.4 is 4.74 Å². The normalized spacial score (nSPS) is 8.82. The molecule has 1 aromatic carbocycles. The highest BCUT2D eigenvalue weighted by Crippen LogP contribution is 2.12. The van der Waals surface area contributed by atoms with Gasteiger partial charge in [0.05, 0.1) is 0 Å². The first-order valence-electron chi connectivity index (χ1n) is 5.49. The van der Waals surface area contributed by atoms with Crippen LogP contribution in [-0.2, 0) is 0 Å². The van der Waals surface area contributed by atoms with Gasteiger partial charge in [0.25, 0.3) is 0 Å². The molecule has 17 heavy (non-hydrogen) atoms. The van der Waals surface area contributed by atoms with Crippen LogP contribution >= 0.6 is 12.6 Å². The number of hydrogen-bond acceptors (Lipinski definition) is 2. The Morgan fingerprint density at radius 2 is 1.65 bits per heavy atom. The van der Waals surface area contributed by atoms with Gasteiger partial charge in [-0.15, -0.1) is 0 Å². The summed E-state index contributed by atoms with van der Waals surface area (Å²) in [4.78, 5) is 0. The van der Waals surface area contributed by atoms with E-state index < -0.39 is 0 Å². The average Bonchev–Trinajstić information content (AvgIpc) is 2.44. The summed E-state index contributed by atoms with van der Waals surface area (Å²) in [5.74, 6) is 1.50. The fourth-order valence-corrected chi connectivity index (χ4v) is 0.885. The highest BCUT2D eigenvalue weighted by atomic mass is 32.1. The zero-order valence-electron chi connectivity index (χ0n) is 10.9. The maximum Gasteiger partial charge on any atom is 0.127 e. The largest absolute Gasteiger partial charge is 0.457 e. The van der Waals surface area contributed by atoms with Crippen LogP contribution in [0.1, 0.15) is 13.8 Å². The second-order valence-electron chi connectivity index (χ2n) is 2.42. The van der Waals surface area contributed by atoms with E-state index in [-0.39, 0.29) is 0 Å². The van der Waals surface area contributed by atoms with Crippen LogP contribution in [0.15, 0.2) is 67.5 Å².